The molecule has 2 aromatic rings. The number of thioether (sulfide) groups is 1. The van der Waals surface area contributed by atoms with Gasteiger partial charge in [0.1, 0.15) is 18.0 Å². The van der Waals surface area contributed by atoms with Crippen LogP contribution in [0, 0.1) is 6.92 Å². The second-order valence-corrected chi connectivity index (χ2v) is 6.88. The van der Waals surface area contributed by atoms with E-state index >= 15 is 0 Å². The summed E-state index contributed by atoms with van der Waals surface area (Å²) in [4.78, 5) is 29.2. The van der Waals surface area contributed by atoms with E-state index < -0.39 is 0 Å². The lowest BCUT2D eigenvalue weighted by atomic mass is 10.3. The summed E-state index contributed by atoms with van der Waals surface area (Å²) in [6, 6.07) is 3.66. The SMILES string of the molecule is Cc1nc(-c2ccc(CNC(=O)CN3CSCC3=O)o2)cs1. The number of carbonyl (C=O) groups excluding carboxylic acids is 2. The maximum Gasteiger partial charge on any atom is 0.240 e. The smallest absolute Gasteiger partial charge is 0.240 e. The molecule has 1 fully saturated rings. The van der Waals surface area contributed by atoms with Crippen LogP contribution in [-0.2, 0) is 16.1 Å². The third kappa shape index (κ3) is 3.50. The summed E-state index contributed by atoms with van der Waals surface area (Å²) in [6.07, 6.45) is 0. The van der Waals surface area contributed by atoms with Crippen LogP contribution in [0.15, 0.2) is 21.9 Å². The van der Waals surface area contributed by atoms with Crippen LogP contribution in [0.2, 0.25) is 0 Å². The quantitative estimate of drug-likeness (QED) is 0.901. The molecule has 2 amide bonds. The number of aryl methyl sites for hydroxylation is 1. The minimum Gasteiger partial charge on any atom is -0.458 e. The van der Waals surface area contributed by atoms with Crippen molar-refractivity contribution in [3.63, 3.8) is 0 Å². The predicted molar refractivity (Wildman–Crippen MR) is 85.4 cm³/mol. The number of hydrogen-bond acceptors (Lipinski definition) is 6. The summed E-state index contributed by atoms with van der Waals surface area (Å²) in [5.74, 6) is 2.23. The van der Waals surface area contributed by atoms with Crippen LogP contribution in [0.5, 0.6) is 0 Å². The topological polar surface area (TPSA) is 75.4 Å². The standard InChI is InChI=1S/C14H15N3O3S2/c1-9-16-11(6-22-9)12-3-2-10(20-12)4-15-13(18)5-17-8-21-7-14(17)19/h2-3,6H,4-5,7-8H2,1H3,(H,15,18). The van der Waals surface area contributed by atoms with Crippen LogP contribution in [0.4, 0.5) is 0 Å². The van der Waals surface area contributed by atoms with Crippen molar-refractivity contribution >= 4 is 34.9 Å². The number of aromatic nitrogens is 1. The number of carbonyl (C=O) groups is 2. The van der Waals surface area contributed by atoms with Crippen molar-refractivity contribution in [3.8, 4) is 11.5 Å². The maximum atomic E-state index is 11.8. The Morgan fingerprint density at radius 3 is 3.05 bits per heavy atom. The second-order valence-electron chi connectivity index (χ2n) is 4.86. The van der Waals surface area contributed by atoms with E-state index in [4.69, 9.17) is 4.42 Å². The van der Waals surface area contributed by atoms with Crippen molar-refractivity contribution in [1.82, 2.24) is 15.2 Å². The van der Waals surface area contributed by atoms with E-state index in [1.165, 1.54) is 11.8 Å². The maximum absolute atomic E-state index is 11.8. The normalized spacial score (nSPS) is 14.6. The monoisotopic (exact) mass is 337 g/mol. The van der Waals surface area contributed by atoms with Gasteiger partial charge < -0.3 is 14.6 Å². The van der Waals surface area contributed by atoms with Gasteiger partial charge in [-0.2, -0.15) is 0 Å². The summed E-state index contributed by atoms with van der Waals surface area (Å²) in [5, 5.41) is 5.68. The molecule has 0 spiro atoms. The van der Waals surface area contributed by atoms with Gasteiger partial charge in [0.15, 0.2) is 5.76 Å². The van der Waals surface area contributed by atoms with Crippen molar-refractivity contribution in [2.75, 3.05) is 18.2 Å². The molecule has 0 aliphatic carbocycles. The van der Waals surface area contributed by atoms with Crippen molar-refractivity contribution < 1.29 is 14.0 Å². The van der Waals surface area contributed by atoms with Crippen LogP contribution in [0.3, 0.4) is 0 Å². The highest BCUT2D eigenvalue weighted by Gasteiger charge is 2.22. The molecule has 8 heteroatoms. The van der Waals surface area contributed by atoms with Gasteiger partial charge in [0.2, 0.25) is 11.8 Å². The van der Waals surface area contributed by atoms with E-state index in [2.05, 4.69) is 10.3 Å². The summed E-state index contributed by atoms with van der Waals surface area (Å²) in [6.45, 7) is 2.35. The zero-order chi connectivity index (χ0) is 15.5. The number of thiazole rings is 1. The van der Waals surface area contributed by atoms with Gasteiger partial charge in [-0.1, -0.05) is 0 Å². The molecule has 1 aliphatic heterocycles. The Labute approximate surface area is 135 Å². The second kappa shape index (κ2) is 6.53. The van der Waals surface area contributed by atoms with Gasteiger partial charge in [-0.25, -0.2) is 4.98 Å². The molecule has 2 aromatic heterocycles. The van der Waals surface area contributed by atoms with E-state index in [0.717, 1.165) is 10.7 Å². The molecule has 6 nitrogen and oxygen atoms in total. The average Bonchev–Trinajstić information content (AvgIpc) is 3.19. The minimum absolute atomic E-state index is 0.0133. The molecule has 0 bridgehead atoms. The molecule has 116 valence electrons. The van der Waals surface area contributed by atoms with Crippen molar-refractivity contribution in [3.05, 3.63) is 28.3 Å². The highest BCUT2D eigenvalue weighted by molar-refractivity contribution is 8.00. The molecule has 1 N–H and O–H groups in total. The summed E-state index contributed by atoms with van der Waals surface area (Å²) >= 11 is 3.09. The first-order chi connectivity index (χ1) is 10.6. The Bertz CT molecular complexity index is 695. The van der Waals surface area contributed by atoms with E-state index in [0.29, 0.717) is 29.7 Å². The first-order valence-corrected chi connectivity index (χ1v) is 8.78. The Kier molecular flexibility index (Phi) is 4.49. The Balaban J connectivity index is 1.52. The molecule has 0 saturated carbocycles. The highest BCUT2D eigenvalue weighted by atomic mass is 32.2. The lowest BCUT2D eigenvalue weighted by Gasteiger charge is -2.13. The Morgan fingerprint density at radius 1 is 1.50 bits per heavy atom. The Hall–Kier alpha value is -1.80. The molecule has 3 rings (SSSR count). The van der Waals surface area contributed by atoms with Crippen molar-refractivity contribution in [1.29, 1.82) is 0 Å². The van der Waals surface area contributed by atoms with Crippen LogP contribution in [-0.4, -0.2) is 39.9 Å². The third-order valence-corrected chi connectivity index (χ3v) is 4.87. The largest absolute Gasteiger partial charge is 0.458 e. The van der Waals surface area contributed by atoms with Gasteiger partial charge in [-0.15, -0.1) is 23.1 Å². The lowest BCUT2D eigenvalue weighted by Crippen LogP contribution is -2.37. The van der Waals surface area contributed by atoms with E-state index in [1.807, 2.05) is 24.4 Å². The first-order valence-electron chi connectivity index (χ1n) is 6.75. The number of hydrogen-bond donors (Lipinski definition) is 1. The number of nitrogens with zero attached hydrogens (tertiary/aromatic N) is 2. The molecule has 1 saturated heterocycles. The molecule has 0 aromatic carbocycles. The number of rotatable bonds is 5. The molecule has 22 heavy (non-hydrogen) atoms. The van der Waals surface area contributed by atoms with E-state index in [9.17, 15) is 9.59 Å². The number of amides is 2. The first kappa shape index (κ1) is 15.1. The fourth-order valence-electron chi connectivity index (χ4n) is 2.04. The van der Waals surface area contributed by atoms with E-state index in [-0.39, 0.29) is 18.4 Å². The molecular formula is C14H15N3O3S2. The number of nitrogens with one attached hydrogen (secondary N) is 1. The molecule has 0 unspecified atom stereocenters. The van der Waals surface area contributed by atoms with Crippen molar-refractivity contribution in [2.45, 2.75) is 13.5 Å². The Morgan fingerprint density at radius 2 is 2.36 bits per heavy atom. The van der Waals surface area contributed by atoms with Gasteiger partial charge in [-0.3, -0.25) is 9.59 Å². The van der Waals surface area contributed by atoms with Crippen LogP contribution >= 0.6 is 23.1 Å². The zero-order valence-electron chi connectivity index (χ0n) is 12.0. The van der Waals surface area contributed by atoms with Crippen LogP contribution in [0.1, 0.15) is 10.8 Å². The fraction of sp³-hybridized carbons (Fsp3) is 0.357. The molecule has 0 radical (unpaired) electrons. The van der Waals surface area contributed by atoms with Gasteiger partial charge >= 0.3 is 0 Å². The molecule has 3 heterocycles. The third-order valence-electron chi connectivity index (χ3n) is 3.15. The summed E-state index contributed by atoms with van der Waals surface area (Å²) < 4.78 is 5.67. The molecule has 0 atom stereocenters. The van der Waals surface area contributed by atoms with Crippen LogP contribution < -0.4 is 5.32 Å². The van der Waals surface area contributed by atoms with Gasteiger partial charge in [-0.05, 0) is 19.1 Å². The zero-order valence-corrected chi connectivity index (χ0v) is 13.6. The summed E-state index contributed by atoms with van der Waals surface area (Å²) in [5.41, 5.74) is 0.805. The summed E-state index contributed by atoms with van der Waals surface area (Å²) in [7, 11) is 0. The number of furan rings is 1. The van der Waals surface area contributed by atoms with E-state index in [1.54, 1.807) is 16.2 Å². The predicted octanol–water partition coefficient (Wildman–Crippen LogP) is 1.86. The van der Waals surface area contributed by atoms with Crippen LogP contribution in [0.25, 0.3) is 11.5 Å². The average molecular weight is 337 g/mol. The fourth-order valence-corrected chi connectivity index (χ4v) is 3.55. The van der Waals surface area contributed by atoms with Gasteiger partial charge in [0.25, 0.3) is 0 Å². The van der Waals surface area contributed by atoms with Crippen molar-refractivity contribution in [2.24, 2.45) is 0 Å². The highest BCUT2D eigenvalue weighted by Crippen LogP contribution is 2.23. The van der Waals surface area contributed by atoms with Gasteiger partial charge in [0.05, 0.1) is 23.2 Å². The lowest BCUT2D eigenvalue weighted by molar-refractivity contribution is -0.132. The molecule has 1 aliphatic rings. The molecular weight excluding hydrogens is 322 g/mol. The minimum atomic E-state index is -0.182. The van der Waals surface area contributed by atoms with Gasteiger partial charge in [0, 0.05) is 5.38 Å².